The number of para-hydroxylation sites is 2. The third-order valence-electron chi connectivity index (χ3n) is 4.59. The summed E-state index contributed by atoms with van der Waals surface area (Å²) >= 11 is 0. The van der Waals surface area contributed by atoms with Crippen molar-refractivity contribution in [3.05, 3.63) is 42.3 Å². The first kappa shape index (κ1) is 15.3. The minimum absolute atomic E-state index is 0.0759. The molecule has 0 bridgehead atoms. The molecule has 0 saturated carbocycles. The lowest BCUT2D eigenvalue weighted by atomic mass is 10.2. The third kappa shape index (κ3) is 2.70. The number of aromatic nitrogens is 4. The Kier molecular flexibility index (Phi) is 4.03. The van der Waals surface area contributed by atoms with E-state index in [1.54, 1.807) is 6.33 Å². The maximum atomic E-state index is 5.93. The molecule has 2 atom stereocenters. The van der Waals surface area contributed by atoms with Crippen molar-refractivity contribution in [2.45, 2.75) is 32.5 Å². The second kappa shape index (κ2) is 6.33. The third-order valence-corrected chi connectivity index (χ3v) is 4.59. The number of nitrogens with zero attached hydrogens (tertiary/aromatic N) is 5. The van der Waals surface area contributed by atoms with E-state index in [9.17, 15) is 0 Å². The Morgan fingerprint density at radius 3 is 3.04 bits per heavy atom. The number of benzene rings is 1. The first-order chi connectivity index (χ1) is 11.8. The fourth-order valence-electron chi connectivity index (χ4n) is 3.16. The molecule has 1 saturated heterocycles. The van der Waals surface area contributed by atoms with Gasteiger partial charge in [0.05, 0.1) is 12.6 Å². The molecule has 4 rings (SSSR count). The lowest BCUT2D eigenvalue weighted by Crippen LogP contribution is -2.40. The van der Waals surface area contributed by atoms with Crippen molar-refractivity contribution in [2.75, 3.05) is 19.7 Å². The minimum Gasteiger partial charge on any atom is -0.439 e. The quantitative estimate of drug-likeness (QED) is 0.733. The monoisotopic (exact) mass is 327 g/mol. The molecule has 3 aromatic rings. The first-order valence-corrected chi connectivity index (χ1v) is 8.35. The van der Waals surface area contributed by atoms with Crippen LogP contribution in [0, 0.1) is 0 Å². The first-order valence-electron chi connectivity index (χ1n) is 8.35. The Balaban J connectivity index is 1.55. The molecule has 0 unspecified atom stereocenters. The summed E-state index contributed by atoms with van der Waals surface area (Å²) < 4.78 is 13.9. The van der Waals surface area contributed by atoms with Crippen LogP contribution in [0.5, 0.6) is 0 Å². The average molecular weight is 327 g/mol. The molecule has 0 aliphatic carbocycles. The predicted molar refractivity (Wildman–Crippen MR) is 88.4 cm³/mol. The normalized spacial score (nSPS) is 20.5. The van der Waals surface area contributed by atoms with Gasteiger partial charge in [0, 0.05) is 19.6 Å². The second-order valence-electron chi connectivity index (χ2n) is 6.03. The number of oxazole rings is 1. The van der Waals surface area contributed by atoms with Crippen LogP contribution in [0.3, 0.4) is 0 Å². The van der Waals surface area contributed by atoms with Crippen LogP contribution in [-0.4, -0.2) is 44.3 Å². The van der Waals surface area contributed by atoms with Crippen LogP contribution in [0.25, 0.3) is 11.1 Å². The standard InChI is InChI=1S/C17H21N5O2/c1-3-21-11-18-20-16(21)15-10-22(8-9-23-15)12(2)17-19-13-6-4-5-7-14(13)24-17/h4-7,11-12,15H,3,8-10H2,1-2H3/t12-,15+/m0/s1. The summed E-state index contributed by atoms with van der Waals surface area (Å²) in [6.45, 7) is 7.29. The number of ether oxygens (including phenoxy) is 1. The molecule has 1 fully saturated rings. The Bertz CT molecular complexity index is 794. The molecule has 0 radical (unpaired) electrons. The Labute approximate surface area is 140 Å². The number of aryl methyl sites for hydroxylation is 1. The number of morpholine rings is 1. The molecule has 0 N–H and O–H groups in total. The Hall–Kier alpha value is -2.25. The summed E-state index contributed by atoms with van der Waals surface area (Å²) in [5, 5.41) is 8.24. The fraction of sp³-hybridized carbons (Fsp3) is 0.471. The van der Waals surface area contributed by atoms with Crippen LogP contribution in [0.1, 0.15) is 37.7 Å². The lowest BCUT2D eigenvalue weighted by Gasteiger charge is -2.35. The molecule has 3 heterocycles. The van der Waals surface area contributed by atoms with Crippen molar-refractivity contribution in [3.8, 4) is 0 Å². The van der Waals surface area contributed by atoms with Crippen molar-refractivity contribution in [2.24, 2.45) is 0 Å². The summed E-state index contributed by atoms with van der Waals surface area (Å²) in [6, 6.07) is 7.94. The van der Waals surface area contributed by atoms with E-state index in [0.717, 1.165) is 42.4 Å². The van der Waals surface area contributed by atoms with Gasteiger partial charge in [0.1, 0.15) is 17.9 Å². The van der Waals surface area contributed by atoms with Gasteiger partial charge in [-0.2, -0.15) is 0 Å². The molecule has 24 heavy (non-hydrogen) atoms. The van der Waals surface area contributed by atoms with Gasteiger partial charge >= 0.3 is 0 Å². The number of hydrogen-bond donors (Lipinski definition) is 0. The van der Waals surface area contributed by atoms with Crippen molar-refractivity contribution < 1.29 is 9.15 Å². The maximum absolute atomic E-state index is 5.93. The van der Waals surface area contributed by atoms with Crippen LogP contribution in [0.4, 0.5) is 0 Å². The van der Waals surface area contributed by atoms with Crippen molar-refractivity contribution in [3.63, 3.8) is 0 Å². The highest BCUT2D eigenvalue weighted by molar-refractivity contribution is 5.72. The van der Waals surface area contributed by atoms with Gasteiger partial charge < -0.3 is 13.7 Å². The molecule has 0 amide bonds. The molecular weight excluding hydrogens is 306 g/mol. The average Bonchev–Trinajstić information content (AvgIpc) is 3.27. The highest BCUT2D eigenvalue weighted by atomic mass is 16.5. The molecule has 0 spiro atoms. The van der Waals surface area contributed by atoms with Crippen molar-refractivity contribution in [1.82, 2.24) is 24.6 Å². The summed E-state index contributed by atoms with van der Waals surface area (Å²) in [5.74, 6) is 1.63. The largest absolute Gasteiger partial charge is 0.439 e. The van der Waals surface area contributed by atoms with Crippen LogP contribution in [-0.2, 0) is 11.3 Å². The lowest BCUT2D eigenvalue weighted by molar-refractivity contribution is -0.0515. The Morgan fingerprint density at radius 1 is 1.33 bits per heavy atom. The zero-order valence-electron chi connectivity index (χ0n) is 13.9. The highest BCUT2D eigenvalue weighted by Crippen LogP contribution is 2.29. The number of fused-ring (bicyclic) bond motifs is 1. The van der Waals surface area contributed by atoms with E-state index in [2.05, 4.69) is 33.9 Å². The molecule has 1 aliphatic heterocycles. The van der Waals surface area contributed by atoms with Gasteiger partial charge in [-0.05, 0) is 26.0 Å². The van der Waals surface area contributed by atoms with E-state index in [1.807, 2.05) is 28.8 Å². The van der Waals surface area contributed by atoms with E-state index in [0.29, 0.717) is 6.61 Å². The molecule has 1 aliphatic rings. The highest BCUT2D eigenvalue weighted by Gasteiger charge is 2.30. The topological polar surface area (TPSA) is 69.2 Å². The molecule has 7 heteroatoms. The van der Waals surface area contributed by atoms with E-state index in [4.69, 9.17) is 9.15 Å². The molecular formula is C17H21N5O2. The van der Waals surface area contributed by atoms with Gasteiger partial charge in [-0.25, -0.2) is 4.98 Å². The minimum atomic E-state index is -0.0759. The summed E-state index contributed by atoms with van der Waals surface area (Å²) in [6.07, 6.45) is 1.68. The van der Waals surface area contributed by atoms with Crippen LogP contribution in [0.15, 0.2) is 35.0 Å². The summed E-state index contributed by atoms with van der Waals surface area (Å²) in [7, 11) is 0. The zero-order chi connectivity index (χ0) is 16.5. The number of hydrogen-bond acceptors (Lipinski definition) is 6. The summed E-state index contributed by atoms with van der Waals surface area (Å²) in [4.78, 5) is 6.95. The van der Waals surface area contributed by atoms with Crippen LogP contribution >= 0.6 is 0 Å². The van der Waals surface area contributed by atoms with E-state index < -0.39 is 0 Å². The van der Waals surface area contributed by atoms with Crippen LogP contribution in [0.2, 0.25) is 0 Å². The molecule has 1 aromatic carbocycles. The smallest absolute Gasteiger partial charge is 0.212 e. The zero-order valence-corrected chi connectivity index (χ0v) is 13.9. The van der Waals surface area contributed by atoms with Gasteiger partial charge in [0.25, 0.3) is 0 Å². The van der Waals surface area contributed by atoms with E-state index in [1.165, 1.54) is 0 Å². The van der Waals surface area contributed by atoms with Crippen LogP contribution < -0.4 is 0 Å². The van der Waals surface area contributed by atoms with Gasteiger partial charge in [-0.3, -0.25) is 4.90 Å². The molecule has 2 aromatic heterocycles. The Morgan fingerprint density at radius 2 is 2.21 bits per heavy atom. The van der Waals surface area contributed by atoms with Gasteiger partial charge in [-0.15, -0.1) is 10.2 Å². The van der Waals surface area contributed by atoms with Gasteiger partial charge in [-0.1, -0.05) is 12.1 Å². The maximum Gasteiger partial charge on any atom is 0.212 e. The second-order valence-corrected chi connectivity index (χ2v) is 6.03. The van der Waals surface area contributed by atoms with Gasteiger partial charge in [0.15, 0.2) is 11.4 Å². The van der Waals surface area contributed by atoms with E-state index >= 15 is 0 Å². The fourth-order valence-corrected chi connectivity index (χ4v) is 3.16. The predicted octanol–water partition coefficient (Wildman–Crippen LogP) is 2.57. The SMILES string of the molecule is CCn1cnnc1[C@H]1CN([C@@H](C)c2nc3ccccc3o2)CCO1. The van der Waals surface area contributed by atoms with E-state index in [-0.39, 0.29) is 12.1 Å². The molecule has 7 nitrogen and oxygen atoms in total. The van der Waals surface area contributed by atoms with Crippen molar-refractivity contribution in [1.29, 1.82) is 0 Å². The molecule has 126 valence electrons. The number of rotatable bonds is 4. The van der Waals surface area contributed by atoms with Crippen molar-refractivity contribution >= 4 is 11.1 Å². The summed E-state index contributed by atoms with van der Waals surface area (Å²) in [5.41, 5.74) is 1.73. The van der Waals surface area contributed by atoms with Gasteiger partial charge in [0.2, 0.25) is 5.89 Å².